The van der Waals surface area contributed by atoms with Crippen LogP contribution in [0.4, 0.5) is 0 Å². The Morgan fingerprint density at radius 1 is 1.21 bits per heavy atom. The van der Waals surface area contributed by atoms with Gasteiger partial charge < -0.3 is 19.1 Å². The first-order valence-corrected chi connectivity index (χ1v) is 11.6. The van der Waals surface area contributed by atoms with Crippen molar-refractivity contribution in [1.29, 1.82) is 0 Å². The van der Waals surface area contributed by atoms with E-state index in [1.54, 1.807) is 12.0 Å². The van der Waals surface area contributed by atoms with Crippen LogP contribution < -0.4 is 9.47 Å². The molecule has 0 N–H and O–H groups in total. The minimum absolute atomic E-state index is 0.0204. The third kappa shape index (κ3) is 5.81. The van der Waals surface area contributed by atoms with Crippen molar-refractivity contribution in [2.75, 3.05) is 26.0 Å². The van der Waals surface area contributed by atoms with Gasteiger partial charge in [0, 0.05) is 0 Å². The van der Waals surface area contributed by atoms with E-state index in [4.69, 9.17) is 14.2 Å². The van der Waals surface area contributed by atoms with Gasteiger partial charge in [-0.2, -0.15) is 0 Å². The topological polar surface area (TPSA) is 65.1 Å². The highest BCUT2D eigenvalue weighted by Gasteiger charge is 2.35. The summed E-state index contributed by atoms with van der Waals surface area (Å²) in [5.74, 6) is 1.37. The lowest BCUT2D eigenvalue weighted by Crippen LogP contribution is -2.34. The lowest BCUT2D eigenvalue weighted by Gasteiger charge is -2.24. The quantitative estimate of drug-likeness (QED) is 0.414. The molecule has 2 aliphatic rings. The Morgan fingerprint density at radius 3 is 2.72 bits per heavy atom. The molecule has 1 aliphatic carbocycles. The van der Waals surface area contributed by atoms with Crippen molar-refractivity contribution in [3.63, 3.8) is 0 Å². The Balaban J connectivity index is 1.68. The Kier molecular flexibility index (Phi) is 8.09. The van der Waals surface area contributed by atoms with Crippen LogP contribution in [0.15, 0.2) is 18.2 Å². The van der Waals surface area contributed by atoms with Gasteiger partial charge in [0.15, 0.2) is 11.5 Å². The fourth-order valence-corrected chi connectivity index (χ4v) is 4.93. The number of carbonyl (C=O) groups excluding carboxylic acids is 2. The van der Waals surface area contributed by atoms with Gasteiger partial charge >= 0.3 is 5.97 Å². The van der Waals surface area contributed by atoms with Gasteiger partial charge in [0.25, 0.3) is 0 Å². The molecule has 2 fully saturated rings. The fourth-order valence-electron chi connectivity index (χ4n) is 3.75. The smallest absolute Gasteiger partial charge is 0.325 e. The average Bonchev–Trinajstić information content (AvgIpc) is 3.36. The molecular formula is C22H31NO5S. The molecule has 160 valence electrons. The summed E-state index contributed by atoms with van der Waals surface area (Å²) in [6.45, 7) is 2.49. The molecular weight excluding hydrogens is 390 g/mol. The van der Waals surface area contributed by atoms with Gasteiger partial charge in [-0.1, -0.05) is 25.8 Å². The summed E-state index contributed by atoms with van der Waals surface area (Å²) in [6, 6.07) is 5.77. The van der Waals surface area contributed by atoms with Gasteiger partial charge in [0.1, 0.15) is 11.9 Å². The van der Waals surface area contributed by atoms with Crippen LogP contribution in [-0.4, -0.2) is 48.9 Å². The predicted molar refractivity (Wildman–Crippen MR) is 113 cm³/mol. The van der Waals surface area contributed by atoms with Crippen LogP contribution in [0.5, 0.6) is 11.5 Å². The number of amides is 1. The molecule has 29 heavy (non-hydrogen) atoms. The number of hydrogen-bond donors (Lipinski definition) is 0. The number of unbranched alkanes of at least 4 members (excludes halogenated alkanes) is 2. The van der Waals surface area contributed by atoms with Crippen LogP contribution in [0.3, 0.4) is 0 Å². The monoisotopic (exact) mass is 421 g/mol. The van der Waals surface area contributed by atoms with Gasteiger partial charge in [-0.05, 0) is 49.8 Å². The van der Waals surface area contributed by atoms with Gasteiger partial charge in [-0.3, -0.25) is 9.59 Å². The van der Waals surface area contributed by atoms with E-state index in [1.165, 1.54) is 24.6 Å². The van der Waals surface area contributed by atoms with Crippen LogP contribution in [-0.2, 0) is 14.3 Å². The lowest BCUT2D eigenvalue weighted by atomic mass is 10.1. The minimum Gasteiger partial charge on any atom is -0.493 e. The van der Waals surface area contributed by atoms with Crippen LogP contribution in [0, 0.1) is 0 Å². The highest BCUT2D eigenvalue weighted by molar-refractivity contribution is 8.00. The standard InChI is InChI=1S/C22H31NO5S/c1-3-4-7-12-27-21(25)14-23-20(24)15-29-22(23)16-10-11-18(26-2)19(13-16)28-17-8-5-6-9-17/h10-11,13,17,22H,3-9,12,14-15H2,1-2H3. The van der Waals surface area contributed by atoms with Crippen molar-refractivity contribution in [1.82, 2.24) is 4.90 Å². The molecule has 1 aliphatic heterocycles. The van der Waals surface area contributed by atoms with E-state index in [1.807, 2.05) is 18.2 Å². The third-order valence-electron chi connectivity index (χ3n) is 5.35. The first-order chi connectivity index (χ1) is 14.1. The van der Waals surface area contributed by atoms with Crippen LogP contribution in [0.25, 0.3) is 0 Å². The molecule has 0 radical (unpaired) electrons. The van der Waals surface area contributed by atoms with E-state index in [0.717, 1.165) is 37.7 Å². The summed E-state index contributed by atoms with van der Waals surface area (Å²) in [5, 5.41) is -0.220. The third-order valence-corrected chi connectivity index (χ3v) is 6.60. The van der Waals surface area contributed by atoms with Crippen molar-refractivity contribution in [3.8, 4) is 11.5 Å². The minimum atomic E-state index is -0.349. The Labute approximate surface area is 177 Å². The first kappa shape index (κ1) is 21.8. The summed E-state index contributed by atoms with van der Waals surface area (Å²) in [4.78, 5) is 26.2. The maximum absolute atomic E-state index is 12.4. The number of esters is 1. The van der Waals surface area contributed by atoms with Crippen LogP contribution in [0.2, 0.25) is 0 Å². The second kappa shape index (κ2) is 10.8. The second-order valence-electron chi connectivity index (χ2n) is 7.55. The Bertz CT molecular complexity index is 704. The molecule has 1 heterocycles. The molecule has 0 spiro atoms. The molecule has 1 unspecified atom stereocenters. The van der Waals surface area contributed by atoms with E-state index in [9.17, 15) is 9.59 Å². The fraction of sp³-hybridized carbons (Fsp3) is 0.636. The summed E-state index contributed by atoms with van der Waals surface area (Å²) in [7, 11) is 1.63. The Hall–Kier alpha value is -1.89. The van der Waals surface area contributed by atoms with Crippen molar-refractivity contribution in [3.05, 3.63) is 23.8 Å². The summed E-state index contributed by atoms with van der Waals surface area (Å²) in [6.07, 6.45) is 7.66. The number of carbonyl (C=O) groups is 2. The largest absolute Gasteiger partial charge is 0.493 e. The number of benzene rings is 1. The van der Waals surface area contributed by atoms with Gasteiger partial charge in [-0.25, -0.2) is 0 Å². The molecule has 1 saturated heterocycles. The molecule has 6 nitrogen and oxygen atoms in total. The van der Waals surface area contributed by atoms with Crippen molar-refractivity contribution in [2.24, 2.45) is 0 Å². The molecule has 3 rings (SSSR count). The molecule has 1 aromatic rings. The summed E-state index contributed by atoms with van der Waals surface area (Å²) >= 11 is 1.52. The number of ether oxygens (including phenoxy) is 3. The van der Waals surface area contributed by atoms with Gasteiger partial charge in [0.05, 0.1) is 25.6 Å². The molecule has 1 atom stereocenters. The van der Waals surface area contributed by atoms with E-state index < -0.39 is 0 Å². The highest BCUT2D eigenvalue weighted by atomic mass is 32.2. The molecule has 0 aromatic heterocycles. The Morgan fingerprint density at radius 2 is 2.00 bits per heavy atom. The van der Waals surface area contributed by atoms with E-state index in [0.29, 0.717) is 23.9 Å². The number of methoxy groups -OCH3 is 1. The van der Waals surface area contributed by atoms with Gasteiger partial charge in [0.2, 0.25) is 5.91 Å². The molecule has 0 bridgehead atoms. The second-order valence-corrected chi connectivity index (χ2v) is 8.62. The number of nitrogens with zero attached hydrogens (tertiary/aromatic N) is 1. The SMILES string of the molecule is CCCCCOC(=O)CN1C(=O)CSC1c1ccc(OC)c(OC2CCCC2)c1. The number of rotatable bonds is 10. The molecule has 1 amide bonds. The van der Waals surface area contributed by atoms with E-state index >= 15 is 0 Å². The summed E-state index contributed by atoms with van der Waals surface area (Å²) < 4.78 is 17.0. The lowest BCUT2D eigenvalue weighted by molar-refractivity contribution is -0.148. The molecule has 1 saturated carbocycles. The van der Waals surface area contributed by atoms with E-state index in [-0.39, 0.29) is 29.9 Å². The number of thioether (sulfide) groups is 1. The summed E-state index contributed by atoms with van der Waals surface area (Å²) in [5.41, 5.74) is 0.938. The zero-order valence-corrected chi connectivity index (χ0v) is 18.2. The first-order valence-electron chi connectivity index (χ1n) is 10.5. The highest BCUT2D eigenvalue weighted by Crippen LogP contribution is 2.42. The van der Waals surface area contributed by atoms with Crippen molar-refractivity contribution in [2.45, 2.75) is 63.3 Å². The molecule has 1 aromatic carbocycles. The van der Waals surface area contributed by atoms with Gasteiger partial charge in [-0.15, -0.1) is 11.8 Å². The number of hydrogen-bond acceptors (Lipinski definition) is 6. The maximum atomic E-state index is 12.4. The van der Waals surface area contributed by atoms with Crippen molar-refractivity contribution >= 4 is 23.6 Å². The maximum Gasteiger partial charge on any atom is 0.325 e. The van der Waals surface area contributed by atoms with Crippen LogP contribution in [0.1, 0.15) is 62.8 Å². The predicted octanol–water partition coefficient (Wildman–Crippen LogP) is 4.32. The molecule has 7 heteroatoms. The normalized spacial score (nSPS) is 19.6. The zero-order valence-electron chi connectivity index (χ0n) is 17.4. The van der Waals surface area contributed by atoms with Crippen molar-refractivity contribution < 1.29 is 23.8 Å². The average molecular weight is 422 g/mol. The van der Waals surface area contributed by atoms with E-state index in [2.05, 4.69) is 6.92 Å². The zero-order chi connectivity index (χ0) is 20.6. The van der Waals surface area contributed by atoms with Crippen LogP contribution >= 0.6 is 11.8 Å².